The second-order valence-electron chi connectivity index (χ2n) is 7.44. The Balaban J connectivity index is 1.29. The Morgan fingerprint density at radius 2 is 1.94 bits per heavy atom. The van der Waals surface area contributed by atoms with Crippen LogP contribution in [0.4, 0.5) is 10.8 Å². The molecule has 0 aliphatic carbocycles. The zero-order valence-corrected chi connectivity index (χ0v) is 19.3. The van der Waals surface area contributed by atoms with E-state index in [2.05, 4.69) is 20.4 Å². The highest BCUT2D eigenvalue weighted by Gasteiger charge is 2.15. The highest BCUT2D eigenvalue weighted by Crippen LogP contribution is 2.29. The molecule has 10 nitrogen and oxygen atoms in total. The van der Waals surface area contributed by atoms with Gasteiger partial charge in [-0.15, -0.1) is 11.3 Å². The van der Waals surface area contributed by atoms with Gasteiger partial charge in [0.05, 0.1) is 17.7 Å². The van der Waals surface area contributed by atoms with Gasteiger partial charge in [-0.3, -0.25) is 14.9 Å². The fourth-order valence-electron chi connectivity index (χ4n) is 3.22. The monoisotopic (exact) mass is 479 g/mol. The van der Waals surface area contributed by atoms with Gasteiger partial charge in [0, 0.05) is 41.0 Å². The number of carbonyl (C=O) groups excluding carboxylic acids is 1. The largest absolute Gasteiger partial charge is 0.497 e. The molecular formula is C23H21N5O5S. The molecule has 0 spiro atoms. The third-order valence-electron chi connectivity index (χ3n) is 5.06. The van der Waals surface area contributed by atoms with E-state index < -0.39 is 4.92 Å². The number of rotatable bonds is 9. The van der Waals surface area contributed by atoms with Crippen molar-refractivity contribution in [2.45, 2.75) is 26.2 Å². The molecule has 34 heavy (non-hydrogen) atoms. The van der Waals surface area contributed by atoms with Crippen LogP contribution in [0.3, 0.4) is 0 Å². The van der Waals surface area contributed by atoms with E-state index in [1.54, 1.807) is 31.5 Å². The Bertz CT molecular complexity index is 1320. The van der Waals surface area contributed by atoms with E-state index in [9.17, 15) is 14.9 Å². The molecule has 2 aromatic carbocycles. The molecule has 0 aliphatic rings. The SMILES string of the molecule is COc1ccc(-c2noc(CCCC(=O)Nc3nc(-c4ccc(C)c([N+](=O)[O-])c4)cs3)n2)cc1. The highest BCUT2D eigenvalue weighted by atomic mass is 32.1. The molecule has 0 fully saturated rings. The third kappa shape index (κ3) is 5.44. The Hall–Kier alpha value is -4.12. The molecule has 2 heterocycles. The lowest BCUT2D eigenvalue weighted by atomic mass is 10.1. The summed E-state index contributed by atoms with van der Waals surface area (Å²) in [5.74, 6) is 1.49. The zero-order valence-electron chi connectivity index (χ0n) is 18.5. The zero-order chi connectivity index (χ0) is 24.1. The molecule has 0 bridgehead atoms. The van der Waals surface area contributed by atoms with Crippen molar-refractivity contribution in [3.05, 3.63) is 69.4 Å². The van der Waals surface area contributed by atoms with E-state index in [0.717, 1.165) is 11.3 Å². The Morgan fingerprint density at radius 1 is 1.18 bits per heavy atom. The van der Waals surface area contributed by atoms with Gasteiger partial charge < -0.3 is 14.6 Å². The maximum absolute atomic E-state index is 12.3. The molecule has 0 atom stereocenters. The van der Waals surface area contributed by atoms with Crippen molar-refractivity contribution in [2.24, 2.45) is 0 Å². The molecule has 0 unspecified atom stereocenters. The molecular weight excluding hydrogens is 458 g/mol. The smallest absolute Gasteiger partial charge is 0.272 e. The van der Waals surface area contributed by atoms with Crippen molar-refractivity contribution in [3.63, 3.8) is 0 Å². The van der Waals surface area contributed by atoms with Crippen LogP contribution in [0.5, 0.6) is 5.75 Å². The molecule has 174 valence electrons. The first-order chi connectivity index (χ1) is 16.4. The standard InChI is InChI=1S/C23H21N5O5S/c1-14-6-7-16(12-19(14)28(30)31)18-13-34-23(24-18)25-20(29)4-3-5-21-26-22(27-33-21)15-8-10-17(32-2)11-9-15/h6-13H,3-5H2,1-2H3,(H,24,25,29). The normalized spacial score (nSPS) is 10.8. The van der Waals surface area contributed by atoms with Crippen molar-refractivity contribution < 1.29 is 19.0 Å². The fourth-order valence-corrected chi connectivity index (χ4v) is 3.96. The lowest BCUT2D eigenvalue weighted by molar-refractivity contribution is -0.385. The van der Waals surface area contributed by atoms with Gasteiger partial charge >= 0.3 is 0 Å². The maximum atomic E-state index is 12.3. The average Bonchev–Trinajstić information content (AvgIpc) is 3.49. The summed E-state index contributed by atoms with van der Waals surface area (Å²) in [7, 11) is 1.60. The van der Waals surface area contributed by atoms with Crippen LogP contribution in [-0.4, -0.2) is 33.1 Å². The van der Waals surface area contributed by atoms with Crippen LogP contribution in [0.15, 0.2) is 52.4 Å². The molecule has 1 amide bonds. The van der Waals surface area contributed by atoms with Crippen molar-refractivity contribution in [3.8, 4) is 28.4 Å². The topological polar surface area (TPSA) is 133 Å². The number of aromatic nitrogens is 3. The number of nitro groups is 1. The van der Waals surface area contributed by atoms with Crippen molar-refractivity contribution in [2.75, 3.05) is 12.4 Å². The van der Waals surface area contributed by atoms with Crippen LogP contribution < -0.4 is 10.1 Å². The second-order valence-corrected chi connectivity index (χ2v) is 8.30. The number of amides is 1. The number of hydrogen-bond donors (Lipinski definition) is 1. The molecule has 0 radical (unpaired) electrons. The summed E-state index contributed by atoms with van der Waals surface area (Å²) >= 11 is 1.26. The van der Waals surface area contributed by atoms with Crippen molar-refractivity contribution in [1.29, 1.82) is 0 Å². The molecule has 2 aromatic heterocycles. The average molecular weight is 480 g/mol. The van der Waals surface area contributed by atoms with Crippen molar-refractivity contribution >= 4 is 28.1 Å². The number of methoxy groups -OCH3 is 1. The molecule has 4 rings (SSSR count). The number of hydrogen-bond acceptors (Lipinski definition) is 9. The predicted octanol–water partition coefficient (Wildman–Crippen LogP) is 5.05. The van der Waals surface area contributed by atoms with Gasteiger partial charge in [0.15, 0.2) is 5.13 Å². The first kappa shape index (κ1) is 23.1. The van der Waals surface area contributed by atoms with Crippen molar-refractivity contribution in [1.82, 2.24) is 15.1 Å². The number of ether oxygens (including phenoxy) is 1. The number of anilines is 1. The van der Waals surface area contributed by atoms with Crippen LogP contribution in [-0.2, 0) is 11.2 Å². The predicted molar refractivity (Wildman–Crippen MR) is 127 cm³/mol. The number of carbonyl (C=O) groups is 1. The highest BCUT2D eigenvalue weighted by molar-refractivity contribution is 7.14. The number of nitrogens with zero attached hydrogens (tertiary/aromatic N) is 4. The lowest BCUT2D eigenvalue weighted by Gasteiger charge is -2.01. The molecule has 0 saturated carbocycles. The Kier molecular flexibility index (Phi) is 6.93. The molecule has 1 N–H and O–H groups in total. The number of nitro benzene ring substituents is 1. The Morgan fingerprint density at radius 3 is 2.68 bits per heavy atom. The minimum atomic E-state index is -0.419. The van der Waals surface area contributed by atoms with E-state index in [4.69, 9.17) is 9.26 Å². The summed E-state index contributed by atoms with van der Waals surface area (Å²) in [4.78, 5) is 31.8. The van der Waals surface area contributed by atoms with Gasteiger partial charge in [0.1, 0.15) is 5.75 Å². The van der Waals surface area contributed by atoms with Crippen LogP contribution in [0, 0.1) is 17.0 Å². The van der Waals surface area contributed by atoms with Crippen LogP contribution >= 0.6 is 11.3 Å². The van der Waals surface area contributed by atoms with Gasteiger partial charge in [0.25, 0.3) is 5.69 Å². The third-order valence-corrected chi connectivity index (χ3v) is 5.82. The first-order valence-corrected chi connectivity index (χ1v) is 11.3. The quantitative estimate of drug-likeness (QED) is 0.260. The van der Waals surface area contributed by atoms with E-state index in [1.165, 1.54) is 17.4 Å². The molecule has 0 aliphatic heterocycles. The summed E-state index contributed by atoms with van der Waals surface area (Å²) in [5, 5.41) is 20.1. The summed E-state index contributed by atoms with van der Waals surface area (Å²) < 4.78 is 10.4. The minimum absolute atomic E-state index is 0.0345. The summed E-state index contributed by atoms with van der Waals surface area (Å²) in [5.41, 5.74) is 2.62. The molecule has 11 heteroatoms. The van der Waals surface area contributed by atoms with Gasteiger partial charge in [-0.05, 0) is 37.6 Å². The van der Waals surface area contributed by atoms with Gasteiger partial charge in [-0.2, -0.15) is 4.98 Å². The van der Waals surface area contributed by atoms with Crippen LogP contribution in [0.25, 0.3) is 22.6 Å². The first-order valence-electron chi connectivity index (χ1n) is 10.4. The number of benzene rings is 2. The van der Waals surface area contributed by atoms with E-state index in [1.807, 2.05) is 24.3 Å². The molecule has 4 aromatic rings. The second kappa shape index (κ2) is 10.2. The number of nitrogens with one attached hydrogen (secondary N) is 1. The van der Waals surface area contributed by atoms with E-state index >= 15 is 0 Å². The number of aryl methyl sites for hydroxylation is 2. The van der Waals surface area contributed by atoms with Gasteiger partial charge in [-0.1, -0.05) is 17.3 Å². The van der Waals surface area contributed by atoms with E-state index in [-0.39, 0.29) is 18.0 Å². The summed E-state index contributed by atoms with van der Waals surface area (Å²) in [6.45, 7) is 1.68. The Labute approximate surface area is 198 Å². The maximum Gasteiger partial charge on any atom is 0.272 e. The number of thiazole rings is 1. The van der Waals surface area contributed by atoms with Gasteiger partial charge in [-0.25, -0.2) is 4.98 Å². The van der Waals surface area contributed by atoms with Crippen LogP contribution in [0.2, 0.25) is 0 Å². The summed E-state index contributed by atoms with van der Waals surface area (Å²) in [6, 6.07) is 12.3. The lowest BCUT2D eigenvalue weighted by Crippen LogP contribution is -2.11. The minimum Gasteiger partial charge on any atom is -0.497 e. The van der Waals surface area contributed by atoms with Gasteiger partial charge in [0.2, 0.25) is 17.6 Å². The molecule has 0 saturated heterocycles. The van der Waals surface area contributed by atoms with Crippen LogP contribution in [0.1, 0.15) is 24.3 Å². The van der Waals surface area contributed by atoms with E-state index in [0.29, 0.717) is 46.5 Å². The fraction of sp³-hybridized carbons (Fsp3) is 0.217. The summed E-state index contributed by atoms with van der Waals surface area (Å²) in [6.07, 6.45) is 1.25.